The normalized spacial score (nSPS) is 54.4. The first kappa shape index (κ1) is 45.1. The van der Waals surface area contributed by atoms with Crippen LogP contribution in [0.4, 0.5) is 0 Å². The van der Waals surface area contributed by atoms with Gasteiger partial charge in [-0.1, -0.05) is 13.8 Å². The van der Waals surface area contributed by atoms with Gasteiger partial charge >= 0.3 is 5.97 Å². The topological polar surface area (TPSA) is 273 Å². The van der Waals surface area contributed by atoms with Crippen LogP contribution in [-0.2, 0) is 42.7 Å². The molecule has 4 saturated carbocycles. The van der Waals surface area contributed by atoms with Crippen molar-refractivity contribution in [2.24, 2.45) is 34.5 Å². The number of esters is 1. The first-order valence-electron chi connectivity index (χ1n) is 21.8. The van der Waals surface area contributed by atoms with Gasteiger partial charge in [-0.2, -0.15) is 0 Å². The Bertz CT molecular complexity index is 1570. The van der Waals surface area contributed by atoms with Gasteiger partial charge in [0.05, 0.1) is 31.0 Å². The van der Waals surface area contributed by atoms with E-state index in [0.29, 0.717) is 18.4 Å². The number of fused-ring (bicyclic) bond motifs is 5. The molecule has 18 heteroatoms. The van der Waals surface area contributed by atoms with Crippen LogP contribution in [0.5, 0.6) is 0 Å². The highest BCUT2D eigenvalue weighted by Gasteiger charge is 2.68. The molecule has 4 heterocycles. The summed E-state index contributed by atoms with van der Waals surface area (Å²) in [6.45, 7) is 5.42. The molecule has 342 valence electrons. The zero-order valence-corrected chi connectivity index (χ0v) is 34.8. The van der Waals surface area contributed by atoms with Crippen molar-refractivity contribution in [1.82, 2.24) is 0 Å². The van der Waals surface area contributed by atoms with Crippen LogP contribution in [0.1, 0.15) is 78.6 Å². The molecule has 0 amide bonds. The summed E-state index contributed by atoms with van der Waals surface area (Å²) in [5.74, 6) is 0.725. The smallest absolute Gasteiger partial charge is 0.331 e. The van der Waals surface area contributed by atoms with E-state index in [0.717, 1.165) is 63.4 Å². The standard InChI is InChI=1S/C42H66O18/c1-18-35(60-38-33(50)31(48)29(46)26(59-38)17-55-37-32(49)30(47)28(45)25(15-43)58-37)36(53-4)34(51)39(56-18)57-21-7-10-40(2)20(14-21)5-6-24-23(40)8-11-41(3)22(9-12-42(24,41)52)19-13-27(44)54-16-19/h13,18,20-26,28-39,43,45-52H,5-12,14-17H2,1-4H3/t18-,20-,21-,22+,23-,24+,25+,26+,28+,29+,30-,31-,32+,33+,34+,35-,36-,37+,38-,39-,40-,41+,42-/m0/s1. The molecular formula is C42H66O18. The number of aliphatic hydroxyl groups is 9. The minimum Gasteiger partial charge on any atom is -0.458 e. The van der Waals surface area contributed by atoms with Crippen LogP contribution in [0.2, 0.25) is 0 Å². The van der Waals surface area contributed by atoms with Crippen molar-refractivity contribution in [1.29, 1.82) is 0 Å². The van der Waals surface area contributed by atoms with E-state index in [1.165, 1.54) is 7.11 Å². The molecule has 0 radical (unpaired) electrons. The summed E-state index contributed by atoms with van der Waals surface area (Å²) in [5.41, 5.74) is -0.0850. The summed E-state index contributed by atoms with van der Waals surface area (Å²) in [5, 5.41) is 96.6. The Morgan fingerprint density at radius 1 is 0.733 bits per heavy atom. The Labute approximate surface area is 349 Å². The van der Waals surface area contributed by atoms with E-state index in [1.54, 1.807) is 13.0 Å². The van der Waals surface area contributed by atoms with Crippen LogP contribution in [0.3, 0.4) is 0 Å². The second-order valence-corrected chi connectivity index (χ2v) is 19.4. The fraction of sp³-hybridized carbons (Fsp3) is 0.929. The van der Waals surface area contributed by atoms with Crippen molar-refractivity contribution in [2.75, 3.05) is 26.9 Å². The molecule has 8 rings (SSSR count). The lowest BCUT2D eigenvalue weighted by Crippen LogP contribution is -2.65. The Kier molecular flexibility index (Phi) is 12.9. The van der Waals surface area contributed by atoms with Crippen LogP contribution in [-0.4, -0.2) is 183 Å². The Morgan fingerprint density at radius 2 is 1.42 bits per heavy atom. The zero-order chi connectivity index (χ0) is 43.1. The van der Waals surface area contributed by atoms with E-state index < -0.39 is 111 Å². The number of rotatable bonds is 10. The average molecular weight is 859 g/mol. The second-order valence-electron chi connectivity index (χ2n) is 19.4. The second kappa shape index (κ2) is 17.2. The number of hydrogen-bond acceptors (Lipinski definition) is 18. The SMILES string of the molecule is CO[C@H]1[C@@H](O)[C@H](O[C@H]2CC[C@@]3(C)[C@@H](CC[C@@H]4[C@@H]3CC[C@]3(C)[C@@H](C5=CC(=O)OC5)CC[C@]43O)C2)O[C@@H](C)[C@@H]1O[C@@H]1O[C@H](CO[C@@H]2O[C@H](CO)[C@@H](O)[C@H](O)[C@H]2O)[C@@H](O)[C@H](O)[C@H]1O. The van der Waals surface area contributed by atoms with Gasteiger partial charge in [-0.15, -0.1) is 0 Å². The van der Waals surface area contributed by atoms with E-state index >= 15 is 0 Å². The van der Waals surface area contributed by atoms with Crippen molar-refractivity contribution in [3.05, 3.63) is 11.6 Å². The maximum Gasteiger partial charge on any atom is 0.331 e. The van der Waals surface area contributed by atoms with Crippen molar-refractivity contribution in [3.8, 4) is 0 Å². The largest absolute Gasteiger partial charge is 0.458 e. The van der Waals surface area contributed by atoms with Crippen LogP contribution in [0.15, 0.2) is 11.6 Å². The van der Waals surface area contributed by atoms with Gasteiger partial charge in [0.2, 0.25) is 0 Å². The fourth-order valence-electron chi connectivity index (χ4n) is 13.0. The highest BCUT2D eigenvalue weighted by Crippen LogP contribution is 2.70. The molecule has 7 fully saturated rings. The van der Waals surface area contributed by atoms with Crippen LogP contribution < -0.4 is 0 Å². The van der Waals surface area contributed by atoms with Crippen molar-refractivity contribution in [2.45, 2.75) is 182 Å². The molecule has 4 aliphatic carbocycles. The van der Waals surface area contributed by atoms with E-state index in [4.69, 9.17) is 37.9 Å². The van der Waals surface area contributed by atoms with Gasteiger partial charge in [0, 0.05) is 18.6 Å². The number of cyclic esters (lactones) is 1. The molecule has 0 aromatic carbocycles. The molecule has 23 atom stereocenters. The lowest BCUT2D eigenvalue weighted by atomic mass is 9.43. The van der Waals surface area contributed by atoms with Crippen molar-refractivity contribution in [3.63, 3.8) is 0 Å². The molecular weight excluding hydrogens is 792 g/mol. The van der Waals surface area contributed by atoms with E-state index in [1.807, 2.05) is 0 Å². The van der Waals surface area contributed by atoms with E-state index in [9.17, 15) is 50.8 Å². The highest BCUT2D eigenvalue weighted by atomic mass is 16.8. The molecule has 0 aromatic rings. The lowest BCUT2D eigenvalue weighted by Gasteiger charge is -2.64. The van der Waals surface area contributed by atoms with Gasteiger partial charge in [0.25, 0.3) is 0 Å². The van der Waals surface area contributed by atoms with Crippen molar-refractivity contribution < 1.29 is 88.6 Å². The molecule has 0 bridgehead atoms. The van der Waals surface area contributed by atoms with E-state index in [-0.39, 0.29) is 34.7 Å². The van der Waals surface area contributed by atoms with Crippen LogP contribution >= 0.6 is 0 Å². The number of ether oxygens (including phenoxy) is 8. The third-order valence-electron chi connectivity index (χ3n) is 16.5. The summed E-state index contributed by atoms with van der Waals surface area (Å²) in [6, 6.07) is 0. The van der Waals surface area contributed by atoms with E-state index in [2.05, 4.69) is 13.8 Å². The summed E-state index contributed by atoms with van der Waals surface area (Å²) < 4.78 is 46.6. The molecule has 4 aliphatic heterocycles. The summed E-state index contributed by atoms with van der Waals surface area (Å²) in [4.78, 5) is 12.0. The molecule has 0 spiro atoms. The number of hydrogen-bond donors (Lipinski definition) is 9. The third-order valence-corrected chi connectivity index (χ3v) is 16.5. The van der Waals surface area contributed by atoms with Gasteiger partial charge in [0.1, 0.15) is 73.8 Å². The molecule has 3 saturated heterocycles. The minimum absolute atomic E-state index is 0.00760. The summed E-state index contributed by atoms with van der Waals surface area (Å²) in [6.07, 6.45) is -11.9. The monoisotopic (exact) mass is 858 g/mol. The van der Waals surface area contributed by atoms with Crippen molar-refractivity contribution >= 4 is 5.97 Å². The molecule has 8 aliphatic rings. The van der Waals surface area contributed by atoms with Crippen LogP contribution in [0.25, 0.3) is 0 Å². The van der Waals surface area contributed by atoms with Gasteiger partial charge in [-0.25, -0.2) is 4.79 Å². The van der Waals surface area contributed by atoms with Gasteiger partial charge < -0.3 is 83.9 Å². The molecule has 0 aromatic heterocycles. The first-order chi connectivity index (χ1) is 28.4. The Hall–Kier alpha value is -1.43. The molecule has 18 nitrogen and oxygen atoms in total. The van der Waals surface area contributed by atoms with Gasteiger partial charge in [-0.3, -0.25) is 0 Å². The van der Waals surface area contributed by atoms with Gasteiger partial charge in [-0.05, 0) is 99.4 Å². The summed E-state index contributed by atoms with van der Waals surface area (Å²) >= 11 is 0. The Balaban J connectivity index is 0.875. The first-order valence-corrected chi connectivity index (χ1v) is 21.8. The molecule has 60 heavy (non-hydrogen) atoms. The summed E-state index contributed by atoms with van der Waals surface area (Å²) in [7, 11) is 1.39. The number of methoxy groups -OCH3 is 1. The quantitative estimate of drug-likeness (QED) is 0.0918. The maximum atomic E-state index is 12.6. The average Bonchev–Trinajstić information content (AvgIpc) is 3.78. The highest BCUT2D eigenvalue weighted by molar-refractivity contribution is 5.85. The zero-order valence-electron chi connectivity index (χ0n) is 34.8. The van der Waals surface area contributed by atoms with Crippen LogP contribution in [0, 0.1) is 34.5 Å². The number of aliphatic hydroxyl groups excluding tert-OH is 8. The molecule has 0 unspecified atom stereocenters. The maximum absolute atomic E-state index is 12.6. The fourth-order valence-corrected chi connectivity index (χ4v) is 13.0. The number of carbonyl (C=O) groups is 1. The minimum atomic E-state index is -1.77. The Morgan fingerprint density at radius 3 is 2.10 bits per heavy atom. The molecule has 9 N–H and O–H groups in total. The predicted molar refractivity (Wildman–Crippen MR) is 203 cm³/mol. The predicted octanol–water partition coefficient (Wildman–Crippen LogP) is -1.24. The lowest BCUT2D eigenvalue weighted by molar-refractivity contribution is -0.367. The number of carbonyl (C=O) groups excluding carboxylic acids is 1. The van der Waals surface area contributed by atoms with Gasteiger partial charge in [0.15, 0.2) is 18.9 Å². The third kappa shape index (κ3) is 7.50.